The number of carbonyl (C=O) groups is 1. The van der Waals surface area contributed by atoms with Crippen molar-refractivity contribution >= 4 is 5.91 Å². The fourth-order valence-corrected chi connectivity index (χ4v) is 5.28. The molecule has 2 bridgehead atoms. The van der Waals surface area contributed by atoms with Gasteiger partial charge in [0.1, 0.15) is 0 Å². The maximum Gasteiger partial charge on any atom is 0.289 e. The second-order valence-corrected chi connectivity index (χ2v) is 7.54. The number of hydrogen-bond donors (Lipinski definition) is 0. The van der Waals surface area contributed by atoms with E-state index < -0.39 is 11.6 Å². The van der Waals surface area contributed by atoms with Gasteiger partial charge in [-0.05, 0) is 55.6 Å². The van der Waals surface area contributed by atoms with Crippen LogP contribution in [0.25, 0.3) is 0 Å². The summed E-state index contributed by atoms with van der Waals surface area (Å²) in [5.41, 5.74) is 0.377. The van der Waals surface area contributed by atoms with Crippen molar-refractivity contribution in [1.29, 1.82) is 0 Å². The number of furan rings is 1. The summed E-state index contributed by atoms with van der Waals surface area (Å²) in [5.74, 6) is -1.28. The third kappa shape index (κ3) is 2.24. The van der Waals surface area contributed by atoms with Gasteiger partial charge < -0.3 is 9.32 Å². The molecule has 6 heteroatoms. The Morgan fingerprint density at radius 1 is 1.08 bits per heavy atom. The van der Waals surface area contributed by atoms with Crippen LogP contribution in [-0.2, 0) is 0 Å². The number of fused-ring (bicyclic) bond motifs is 2. The summed E-state index contributed by atoms with van der Waals surface area (Å²) in [6.45, 7) is 2.31. The standard InChI is InChI=1S/C20H20F2N2O2/c21-15-4-1-3-13(17(15)22)14-11-24(20(25)16-5-2-10-26-16)18-12-6-8-23(9-7-12)19(14)18/h1-5,10,12,14,18-19H,6-9,11H2/t14-,18+,19+/m1/s1. The molecule has 4 fully saturated rings. The molecule has 0 aliphatic carbocycles. The van der Waals surface area contributed by atoms with Crippen molar-refractivity contribution in [2.45, 2.75) is 30.8 Å². The van der Waals surface area contributed by atoms with E-state index >= 15 is 0 Å². The van der Waals surface area contributed by atoms with E-state index in [1.165, 1.54) is 6.26 Å². The van der Waals surface area contributed by atoms with Crippen LogP contribution in [0.5, 0.6) is 0 Å². The molecule has 4 saturated heterocycles. The first-order chi connectivity index (χ1) is 12.6. The predicted molar refractivity (Wildman–Crippen MR) is 90.7 cm³/mol. The molecule has 6 rings (SSSR count). The Morgan fingerprint density at radius 2 is 1.88 bits per heavy atom. The SMILES string of the molecule is O=C(c1ccco1)N1C[C@H](c2cccc(F)c2F)[C@H]2[C@@H]1C1CCN2CC1. The predicted octanol–water partition coefficient (Wildman–Crippen LogP) is 3.26. The zero-order chi connectivity index (χ0) is 17.8. The average Bonchev–Trinajstić information content (AvgIpc) is 3.33. The molecule has 1 amide bonds. The van der Waals surface area contributed by atoms with Gasteiger partial charge in [0, 0.05) is 18.5 Å². The molecule has 0 radical (unpaired) electrons. The summed E-state index contributed by atoms with van der Waals surface area (Å²) >= 11 is 0. The second-order valence-electron chi connectivity index (χ2n) is 7.54. The molecule has 0 N–H and O–H groups in total. The third-order valence-corrected chi connectivity index (χ3v) is 6.37. The highest BCUT2D eigenvalue weighted by Gasteiger charge is 2.55. The normalized spacial score (nSPS) is 32.7. The summed E-state index contributed by atoms with van der Waals surface area (Å²) in [5, 5.41) is 0. The van der Waals surface area contributed by atoms with E-state index in [4.69, 9.17) is 4.42 Å². The molecule has 4 nitrogen and oxygen atoms in total. The highest BCUT2D eigenvalue weighted by atomic mass is 19.2. The van der Waals surface area contributed by atoms with Gasteiger partial charge in [-0.3, -0.25) is 9.69 Å². The monoisotopic (exact) mass is 358 g/mol. The molecular weight excluding hydrogens is 338 g/mol. The molecule has 3 atom stereocenters. The topological polar surface area (TPSA) is 36.7 Å². The zero-order valence-electron chi connectivity index (χ0n) is 14.3. The Hall–Kier alpha value is -2.21. The van der Waals surface area contributed by atoms with E-state index in [0.29, 0.717) is 23.8 Å². The minimum absolute atomic E-state index is 0.0303. The number of piperidine rings is 3. The zero-order valence-corrected chi connectivity index (χ0v) is 14.3. The lowest BCUT2D eigenvalue weighted by Gasteiger charge is -2.51. The van der Waals surface area contributed by atoms with Gasteiger partial charge in [-0.25, -0.2) is 8.78 Å². The molecule has 0 unspecified atom stereocenters. The van der Waals surface area contributed by atoms with Crippen LogP contribution >= 0.6 is 0 Å². The van der Waals surface area contributed by atoms with Gasteiger partial charge in [0.2, 0.25) is 0 Å². The van der Waals surface area contributed by atoms with Crippen molar-refractivity contribution in [3.63, 3.8) is 0 Å². The van der Waals surface area contributed by atoms with Crippen molar-refractivity contribution in [2.75, 3.05) is 19.6 Å². The largest absolute Gasteiger partial charge is 0.459 e. The highest BCUT2D eigenvalue weighted by molar-refractivity contribution is 5.92. The van der Waals surface area contributed by atoms with E-state index in [9.17, 15) is 13.6 Å². The van der Waals surface area contributed by atoms with Gasteiger partial charge in [-0.15, -0.1) is 0 Å². The Morgan fingerprint density at radius 3 is 2.62 bits per heavy atom. The molecule has 5 heterocycles. The van der Waals surface area contributed by atoms with Crippen LogP contribution in [-0.4, -0.2) is 47.4 Å². The van der Waals surface area contributed by atoms with Crippen LogP contribution < -0.4 is 0 Å². The van der Waals surface area contributed by atoms with E-state index in [1.807, 2.05) is 4.90 Å². The number of likely N-dealkylation sites (tertiary alicyclic amines) is 1. The average molecular weight is 358 g/mol. The van der Waals surface area contributed by atoms with Crippen LogP contribution in [0.1, 0.15) is 34.9 Å². The Balaban J connectivity index is 1.57. The first-order valence-electron chi connectivity index (χ1n) is 9.17. The second kappa shape index (κ2) is 5.91. The Kier molecular flexibility index (Phi) is 3.64. The molecule has 0 saturated carbocycles. The molecule has 26 heavy (non-hydrogen) atoms. The highest BCUT2D eigenvalue weighted by Crippen LogP contribution is 2.47. The number of rotatable bonds is 2. The minimum Gasteiger partial charge on any atom is -0.459 e. The van der Waals surface area contributed by atoms with Gasteiger partial charge in [0.05, 0.1) is 12.3 Å². The molecular formula is C20H20F2N2O2. The first-order valence-corrected chi connectivity index (χ1v) is 9.17. The molecule has 1 aromatic carbocycles. The lowest BCUT2D eigenvalue weighted by molar-refractivity contribution is -0.00446. The molecule has 136 valence electrons. The van der Waals surface area contributed by atoms with Crippen LogP contribution in [0.2, 0.25) is 0 Å². The molecule has 1 aromatic heterocycles. The van der Waals surface area contributed by atoms with E-state index in [0.717, 1.165) is 32.0 Å². The number of hydrogen-bond acceptors (Lipinski definition) is 3. The molecule has 2 aromatic rings. The van der Waals surface area contributed by atoms with Crippen molar-refractivity contribution < 1.29 is 18.0 Å². The maximum absolute atomic E-state index is 14.5. The lowest BCUT2D eigenvalue weighted by atomic mass is 9.75. The summed E-state index contributed by atoms with van der Waals surface area (Å²) in [6.07, 6.45) is 3.57. The van der Waals surface area contributed by atoms with Crippen LogP contribution in [0.4, 0.5) is 8.78 Å². The van der Waals surface area contributed by atoms with Crippen molar-refractivity contribution in [1.82, 2.24) is 9.80 Å². The first kappa shape index (κ1) is 16.0. The van der Waals surface area contributed by atoms with E-state index in [1.54, 1.807) is 24.3 Å². The summed E-state index contributed by atoms with van der Waals surface area (Å²) < 4.78 is 33.7. The number of halogens is 2. The lowest BCUT2D eigenvalue weighted by Crippen LogP contribution is -2.60. The van der Waals surface area contributed by atoms with E-state index in [2.05, 4.69) is 4.90 Å². The van der Waals surface area contributed by atoms with Crippen molar-refractivity contribution in [3.8, 4) is 0 Å². The Bertz CT molecular complexity index is 830. The molecule has 4 aliphatic rings. The van der Waals surface area contributed by atoms with Gasteiger partial charge in [0.25, 0.3) is 5.91 Å². The molecule has 4 aliphatic heterocycles. The maximum atomic E-state index is 14.5. The number of nitrogens with zero attached hydrogens (tertiary/aromatic N) is 2. The summed E-state index contributed by atoms with van der Waals surface area (Å²) in [7, 11) is 0. The van der Waals surface area contributed by atoms with Crippen LogP contribution in [0.3, 0.4) is 0 Å². The quantitative estimate of drug-likeness (QED) is 0.827. The number of carbonyl (C=O) groups excluding carboxylic acids is 1. The van der Waals surface area contributed by atoms with Crippen LogP contribution in [0, 0.1) is 17.6 Å². The summed E-state index contributed by atoms with van der Waals surface area (Å²) in [6, 6.07) is 7.78. The van der Waals surface area contributed by atoms with Crippen LogP contribution in [0.15, 0.2) is 41.0 Å². The molecule has 0 spiro atoms. The summed E-state index contributed by atoms with van der Waals surface area (Å²) in [4.78, 5) is 17.2. The van der Waals surface area contributed by atoms with Gasteiger partial charge in [-0.2, -0.15) is 0 Å². The number of amides is 1. The van der Waals surface area contributed by atoms with Crippen molar-refractivity contribution in [3.05, 3.63) is 59.6 Å². The van der Waals surface area contributed by atoms with Gasteiger partial charge >= 0.3 is 0 Å². The van der Waals surface area contributed by atoms with Gasteiger partial charge in [-0.1, -0.05) is 12.1 Å². The smallest absolute Gasteiger partial charge is 0.289 e. The van der Waals surface area contributed by atoms with Gasteiger partial charge in [0.15, 0.2) is 17.4 Å². The fraction of sp³-hybridized carbons (Fsp3) is 0.450. The third-order valence-electron chi connectivity index (χ3n) is 6.37. The van der Waals surface area contributed by atoms with Crippen molar-refractivity contribution in [2.24, 2.45) is 5.92 Å². The van der Waals surface area contributed by atoms with E-state index in [-0.39, 0.29) is 23.9 Å². The Labute approximate surface area is 150 Å². The fourth-order valence-electron chi connectivity index (χ4n) is 5.28. The number of benzene rings is 1. The minimum atomic E-state index is -0.828.